The first-order chi connectivity index (χ1) is 15.1. The van der Waals surface area contributed by atoms with Gasteiger partial charge in [-0.1, -0.05) is 41.9 Å². The quantitative estimate of drug-likeness (QED) is 0.549. The third kappa shape index (κ3) is 4.68. The Hall–Kier alpha value is -2.63. The lowest BCUT2D eigenvalue weighted by molar-refractivity contribution is 0.0951. The van der Waals surface area contributed by atoms with Crippen molar-refractivity contribution in [1.29, 1.82) is 0 Å². The number of nitrogens with zero attached hydrogens (tertiary/aromatic N) is 3. The van der Waals surface area contributed by atoms with Crippen LogP contribution >= 0.6 is 11.6 Å². The number of benzene rings is 2. The predicted molar refractivity (Wildman–Crippen MR) is 123 cm³/mol. The molecule has 2 aliphatic rings. The lowest BCUT2D eigenvalue weighted by Gasteiger charge is -2.22. The highest BCUT2D eigenvalue weighted by Gasteiger charge is 2.31. The Balaban J connectivity index is 1.31. The second-order valence-electron chi connectivity index (χ2n) is 8.68. The van der Waals surface area contributed by atoms with Gasteiger partial charge in [-0.25, -0.2) is 4.68 Å². The van der Waals surface area contributed by atoms with Gasteiger partial charge in [-0.15, -0.1) is 0 Å². The molecule has 0 atom stereocenters. The molecule has 0 bridgehead atoms. The summed E-state index contributed by atoms with van der Waals surface area (Å²) in [5, 5.41) is 8.42. The molecule has 2 fully saturated rings. The largest absolute Gasteiger partial charge is 0.349 e. The van der Waals surface area contributed by atoms with Crippen LogP contribution in [0, 0.1) is 6.92 Å². The highest BCUT2D eigenvalue weighted by atomic mass is 35.5. The van der Waals surface area contributed by atoms with E-state index in [0.717, 1.165) is 48.4 Å². The maximum atomic E-state index is 12.2. The van der Waals surface area contributed by atoms with Crippen molar-refractivity contribution in [2.45, 2.75) is 57.8 Å². The number of aromatic nitrogens is 2. The first-order valence-electron chi connectivity index (χ1n) is 11.0. The molecule has 2 saturated carbocycles. The van der Waals surface area contributed by atoms with Gasteiger partial charge in [0.15, 0.2) is 0 Å². The van der Waals surface area contributed by atoms with Gasteiger partial charge in [-0.05, 0) is 62.4 Å². The topological polar surface area (TPSA) is 50.2 Å². The Morgan fingerprint density at radius 1 is 1.06 bits per heavy atom. The van der Waals surface area contributed by atoms with Crippen molar-refractivity contribution in [1.82, 2.24) is 20.0 Å². The predicted octanol–water partition coefficient (Wildman–Crippen LogP) is 4.89. The Morgan fingerprint density at radius 2 is 1.77 bits per heavy atom. The van der Waals surface area contributed by atoms with E-state index in [1.807, 2.05) is 54.1 Å². The number of hydrogen-bond donors (Lipinski definition) is 1. The molecule has 0 unspecified atom stereocenters. The number of nitrogens with one attached hydrogen (secondary N) is 1. The summed E-state index contributed by atoms with van der Waals surface area (Å²) < 4.78 is 1.82. The minimum atomic E-state index is 0.0313. The zero-order chi connectivity index (χ0) is 21.4. The summed E-state index contributed by atoms with van der Waals surface area (Å²) in [6.07, 6.45) is 4.63. The van der Waals surface area contributed by atoms with Gasteiger partial charge in [-0.3, -0.25) is 9.69 Å². The summed E-state index contributed by atoms with van der Waals surface area (Å²) in [6, 6.07) is 19.0. The van der Waals surface area contributed by atoms with Gasteiger partial charge in [0.25, 0.3) is 5.91 Å². The highest BCUT2D eigenvalue weighted by molar-refractivity contribution is 6.30. The highest BCUT2D eigenvalue weighted by Crippen LogP contribution is 2.33. The number of carbonyl (C=O) groups is 1. The van der Waals surface area contributed by atoms with E-state index in [-0.39, 0.29) is 5.91 Å². The van der Waals surface area contributed by atoms with Crippen LogP contribution in [0.25, 0.3) is 5.69 Å². The fourth-order valence-corrected chi connectivity index (χ4v) is 4.23. The van der Waals surface area contributed by atoms with Crippen LogP contribution in [0.5, 0.6) is 0 Å². The van der Waals surface area contributed by atoms with E-state index in [2.05, 4.69) is 22.3 Å². The summed E-state index contributed by atoms with van der Waals surface area (Å²) in [5.41, 5.74) is 4.96. The van der Waals surface area contributed by atoms with Crippen LogP contribution in [0.15, 0.2) is 54.6 Å². The second-order valence-corrected chi connectivity index (χ2v) is 9.04. The number of aryl methyl sites for hydroxylation is 1. The molecule has 0 radical (unpaired) electrons. The molecule has 5 rings (SSSR count). The molecule has 1 aromatic heterocycles. The molecule has 2 aromatic carbocycles. The van der Waals surface area contributed by atoms with Crippen molar-refractivity contribution in [2.75, 3.05) is 0 Å². The lowest BCUT2D eigenvalue weighted by atomic mass is 10.1. The molecule has 0 saturated heterocycles. The van der Waals surface area contributed by atoms with E-state index < -0.39 is 0 Å². The maximum absolute atomic E-state index is 12.2. The summed E-state index contributed by atoms with van der Waals surface area (Å²) in [6.45, 7) is 3.63. The summed E-state index contributed by atoms with van der Waals surface area (Å²) in [5.74, 6) is 0.0313. The fraction of sp³-hybridized carbons (Fsp3) is 0.360. The van der Waals surface area contributed by atoms with Gasteiger partial charge in [0.05, 0.1) is 11.4 Å². The fourth-order valence-electron chi connectivity index (χ4n) is 3.90. The Labute approximate surface area is 188 Å². The Morgan fingerprint density at radius 3 is 2.42 bits per heavy atom. The standard InChI is InChI=1S/C25H27ClN4O/c1-17-23(24(26)30(28-17)22-5-3-2-4-6-22)16-29(21-13-14-21)15-18-7-9-19(10-8-18)25(31)27-20-11-12-20/h2-10,20-21H,11-16H2,1H3,(H,27,31). The molecule has 0 spiro atoms. The van der Waals surface area contributed by atoms with E-state index in [0.29, 0.717) is 17.2 Å². The smallest absolute Gasteiger partial charge is 0.251 e. The van der Waals surface area contributed by atoms with Crippen molar-refractivity contribution in [3.63, 3.8) is 0 Å². The molecule has 0 aliphatic heterocycles. The molecule has 5 nitrogen and oxygen atoms in total. The minimum Gasteiger partial charge on any atom is -0.349 e. The van der Waals surface area contributed by atoms with E-state index in [4.69, 9.17) is 16.7 Å². The average Bonchev–Trinajstić information content (AvgIpc) is 3.70. The zero-order valence-electron chi connectivity index (χ0n) is 17.7. The molecule has 6 heteroatoms. The van der Waals surface area contributed by atoms with E-state index in [1.165, 1.54) is 18.4 Å². The van der Waals surface area contributed by atoms with Gasteiger partial charge in [0.2, 0.25) is 0 Å². The van der Waals surface area contributed by atoms with E-state index >= 15 is 0 Å². The van der Waals surface area contributed by atoms with Crippen LogP contribution in [0.2, 0.25) is 5.15 Å². The number of amides is 1. The molecule has 160 valence electrons. The van der Waals surface area contributed by atoms with Crippen LogP contribution in [-0.2, 0) is 13.1 Å². The number of rotatable bonds is 8. The lowest BCUT2D eigenvalue weighted by Crippen LogP contribution is -2.26. The first kappa shape index (κ1) is 20.3. The molecular formula is C25H27ClN4O. The molecule has 1 heterocycles. The average molecular weight is 435 g/mol. The second kappa shape index (κ2) is 8.48. The molecule has 1 amide bonds. The molecule has 3 aromatic rings. The van der Waals surface area contributed by atoms with Gasteiger partial charge < -0.3 is 5.32 Å². The minimum absolute atomic E-state index is 0.0313. The van der Waals surface area contributed by atoms with E-state index in [1.54, 1.807) is 0 Å². The van der Waals surface area contributed by atoms with Gasteiger partial charge in [-0.2, -0.15) is 5.10 Å². The Bertz CT molecular complexity index is 1070. The molecular weight excluding hydrogens is 408 g/mol. The summed E-state index contributed by atoms with van der Waals surface area (Å²) in [7, 11) is 0. The van der Waals surface area contributed by atoms with Crippen molar-refractivity contribution in [3.8, 4) is 5.69 Å². The first-order valence-corrected chi connectivity index (χ1v) is 11.4. The van der Waals surface area contributed by atoms with Crippen LogP contribution in [-0.4, -0.2) is 32.7 Å². The van der Waals surface area contributed by atoms with Crippen LogP contribution in [0.3, 0.4) is 0 Å². The number of hydrogen-bond acceptors (Lipinski definition) is 3. The van der Waals surface area contributed by atoms with Crippen molar-refractivity contribution in [2.24, 2.45) is 0 Å². The number of carbonyl (C=O) groups excluding carboxylic acids is 1. The molecule has 31 heavy (non-hydrogen) atoms. The number of halogens is 1. The van der Waals surface area contributed by atoms with Gasteiger partial charge >= 0.3 is 0 Å². The third-order valence-electron chi connectivity index (χ3n) is 6.06. The third-order valence-corrected chi connectivity index (χ3v) is 6.45. The monoisotopic (exact) mass is 434 g/mol. The summed E-state index contributed by atoms with van der Waals surface area (Å²) >= 11 is 6.77. The van der Waals surface area contributed by atoms with Gasteiger partial charge in [0.1, 0.15) is 5.15 Å². The van der Waals surface area contributed by atoms with Crippen molar-refractivity contribution < 1.29 is 4.79 Å². The van der Waals surface area contributed by atoms with Gasteiger partial charge in [0, 0.05) is 36.3 Å². The number of para-hydroxylation sites is 1. The summed E-state index contributed by atoms with van der Waals surface area (Å²) in [4.78, 5) is 14.7. The van der Waals surface area contributed by atoms with Crippen LogP contribution in [0.4, 0.5) is 0 Å². The SMILES string of the molecule is Cc1nn(-c2ccccc2)c(Cl)c1CN(Cc1ccc(C(=O)NC2CC2)cc1)C1CC1. The maximum Gasteiger partial charge on any atom is 0.251 e. The van der Waals surface area contributed by atoms with Crippen molar-refractivity contribution in [3.05, 3.63) is 82.1 Å². The molecule has 1 N–H and O–H groups in total. The Kier molecular flexibility index (Phi) is 5.55. The molecule has 2 aliphatic carbocycles. The van der Waals surface area contributed by atoms with Crippen LogP contribution < -0.4 is 5.32 Å². The normalized spacial score (nSPS) is 16.0. The van der Waals surface area contributed by atoms with Crippen molar-refractivity contribution >= 4 is 17.5 Å². The zero-order valence-corrected chi connectivity index (χ0v) is 18.5. The van der Waals surface area contributed by atoms with E-state index in [9.17, 15) is 4.79 Å². The van der Waals surface area contributed by atoms with Crippen LogP contribution in [0.1, 0.15) is 52.9 Å².